The zero-order valence-corrected chi connectivity index (χ0v) is 19.1. The Morgan fingerprint density at radius 3 is 2.71 bits per heavy atom. The first-order chi connectivity index (χ1) is 13.6. The molecule has 0 radical (unpaired) electrons. The van der Waals surface area contributed by atoms with Crippen LogP contribution in [0.25, 0.3) is 0 Å². The van der Waals surface area contributed by atoms with E-state index in [9.17, 15) is 4.79 Å². The summed E-state index contributed by atoms with van der Waals surface area (Å²) in [7, 11) is 0. The quantitative estimate of drug-likeness (QED) is 0.568. The Balaban J connectivity index is 1.63. The fraction of sp³-hybridized carbons (Fsp3) is 0.381. The van der Waals surface area contributed by atoms with Crippen molar-refractivity contribution in [3.05, 3.63) is 62.6 Å². The summed E-state index contributed by atoms with van der Waals surface area (Å²) in [6, 6.07) is 11.7. The molecular weight excluding hydrogens is 458 g/mol. The van der Waals surface area contributed by atoms with Gasteiger partial charge in [0.25, 0.3) is 5.91 Å². The van der Waals surface area contributed by atoms with Gasteiger partial charge in [-0.05, 0) is 47.2 Å². The molecule has 0 saturated carbocycles. The third-order valence-corrected chi connectivity index (χ3v) is 6.65. The SMILES string of the molecule is CCSc1ccc(Cl)cc1CNC(=O)c1ccc(CN2CCNCC2)c(Br)c1. The molecule has 150 valence electrons. The lowest BCUT2D eigenvalue weighted by Crippen LogP contribution is -2.42. The standard InChI is InChI=1S/C21H25BrClN3OS/c1-2-28-20-6-5-18(23)11-17(20)13-25-21(27)15-3-4-16(19(22)12-15)14-26-9-7-24-8-10-26/h3-6,11-12,24H,2,7-10,13-14H2,1H3,(H,25,27). The second kappa shape index (κ2) is 10.6. The largest absolute Gasteiger partial charge is 0.348 e. The maximum absolute atomic E-state index is 12.6. The highest BCUT2D eigenvalue weighted by Crippen LogP contribution is 2.26. The van der Waals surface area contributed by atoms with E-state index >= 15 is 0 Å². The number of amides is 1. The number of hydrogen-bond donors (Lipinski definition) is 2. The Bertz CT molecular complexity index is 827. The van der Waals surface area contributed by atoms with Crippen molar-refractivity contribution in [3.63, 3.8) is 0 Å². The van der Waals surface area contributed by atoms with Crippen LogP contribution in [0.4, 0.5) is 0 Å². The highest BCUT2D eigenvalue weighted by molar-refractivity contribution is 9.10. The van der Waals surface area contributed by atoms with Gasteiger partial charge in [-0.15, -0.1) is 11.8 Å². The van der Waals surface area contributed by atoms with E-state index in [1.807, 2.05) is 36.4 Å². The smallest absolute Gasteiger partial charge is 0.251 e. The van der Waals surface area contributed by atoms with Gasteiger partial charge in [0.05, 0.1) is 0 Å². The fourth-order valence-corrected chi connectivity index (χ4v) is 4.68. The minimum Gasteiger partial charge on any atom is -0.348 e. The Kier molecular flexibility index (Phi) is 8.23. The molecule has 1 aliphatic heterocycles. The minimum atomic E-state index is -0.0816. The van der Waals surface area contributed by atoms with E-state index in [1.165, 1.54) is 5.56 Å². The Morgan fingerprint density at radius 2 is 2.00 bits per heavy atom. The summed E-state index contributed by atoms with van der Waals surface area (Å²) in [5.74, 6) is 0.895. The van der Waals surface area contributed by atoms with Crippen molar-refractivity contribution in [1.82, 2.24) is 15.5 Å². The van der Waals surface area contributed by atoms with Crippen LogP contribution in [0.2, 0.25) is 5.02 Å². The predicted octanol–water partition coefficient (Wildman–Crippen LogP) is 4.55. The van der Waals surface area contributed by atoms with Gasteiger partial charge >= 0.3 is 0 Å². The maximum Gasteiger partial charge on any atom is 0.251 e. The number of carbonyl (C=O) groups is 1. The van der Waals surface area contributed by atoms with Crippen molar-refractivity contribution in [3.8, 4) is 0 Å². The first kappa shape index (κ1) is 21.7. The lowest BCUT2D eigenvalue weighted by Gasteiger charge is -2.27. The monoisotopic (exact) mass is 481 g/mol. The van der Waals surface area contributed by atoms with Gasteiger partial charge in [0.1, 0.15) is 0 Å². The molecule has 1 saturated heterocycles. The van der Waals surface area contributed by atoms with E-state index in [0.717, 1.165) is 53.4 Å². The number of halogens is 2. The second-order valence-corrected chi connectivity index (χ2v) is 9.30. The molecule has 1 heterocycles. The van der Waals surface area contributed by atoms with E-state index in [1.54, 1.807) is 11.8 Å². The Hall–Kier alpha value is -1.05. The van der Waals surface area contributed by atoms with E-state index in [4.69, 9.17) is 11.6 Å². The van der Waals surface area contributed by atoms with E-state index < -0.39 is 0 Å². The summed E-state index contributed by atoms with van der Waals surface area (Å²) in [5.41, 5.74) is 2.90. The van der Waals surface area contributed by atoms with Crippen LogP contribution in [0.15, 0.2) is 45.8 Å². The van der Waals surface area contributed by atoms with Crippen LogP contribution in [0.3, 0.4) is 0 Å². The first-order valence-corrected chi connectivity index (χ1v) is 11.6. The molecule has 1 amide bonds. The summed E-state index contributed by atoms with van der Waals surface area (Å²) in [5, 5.41) is 7.07. The zero-order chi connectivity index (χ0) is 19.9. The van der Waals surface area contributed by atoms with Crippen molar-refractivity contribution in [2.24, 2.45) is 0 Å². The molecular formula is C21H25BrClN3OS. The molecule has 2 N–H and O–H groups in total. The van der Waals surface area contributed by atoms with Gasteiger partial charge in [-0.1, -0.05) is 40.5 Å². The molecule has 0 atom stereocenters. The molecule has 1 aliphatic rings. The van der Waals surface area contributed by atoms with Crippen LogP contribution in [0.1, 0.15) is 28.4 Å². The molecule has 0 unspecified atom stereocenters. The summed E-state index contributed by atoms with van der Waals surface area (Å²) in [6.07, 6.45) is 0. The summed E-state index contributed by atoms with van der Waals surface area (Å²) in [6.45, 7) is 7.62. The molecule has 0 bridgehead atoms. The van der Waals surface area contributed by atoms with Gasteiger partial charge < -0.3 is 10.6 Å². The van der Waals surface area contributed by atoms with Crippen molar-refractivity contribution >= 4 is 45.2 Å². The van der Waals surface area contributed by atoms with Crippen LogP contribution in [0, 0.1) is 0 Å². The third kappa shape index (κ3) is 5.97. The van der Waals surface area contributed by atoms with Gasteiger partial charge in [-0.2, -0.15) is 0 Å². The first-order valence-electron chi connectivity index (χ1n) is 9.47. The maximum atomic E-state index is 12.6. The molecule has 3 rings (SSSR count). The van der Waals surface area contributed by atoms with Crippen LogP contribution >= 0.6 is 39.3 Å². The third-order valence-electron chi connectivity index (χ3n) is 4.68. The van der Waals surface area contributed by atoms with E-state index in [2.05, 4.69) is 38.4 Å². The topological polar surface area (TPSA) is 44.4 Å². The van der Waals surface area contributed by atoms with Crippen molar-refractivity contribution in [1.29, 1.82) is 0 Å². The number of hydrogen-bond acceptors (Lipinski definition) is 4. The lowest BCUT2D eigenvalue weighted by atomic mass is 10.1. The van der Waals surface area contributed by atoms with Crippen LogP contribution in [-0.4, -0.2) is 42.7 Å². The van der Waals surface area contributed by atoms with Gasteiger partial charge in [-0.3, -0.25) is 9.69 Å². The van der Waals surface area contributed by atoms with Crippen molar-refractivity contribution in [2.45, 2.75) is 24.9 Å². The van der Waals surface area contributed by atoms with Crippen molar-refractivity contribution in [2.75, 3.05) is 31.9 Å². The van der Waals surface area contributed by atoms with Gasteiger partial charge in [-0.25, -0.2) is 0 Å². The average Bonchev–Trinajstić information content (AvgIpc) is 2.70. The Labute approximate surface area is 184 Å². The number of nitrogens with zero attached hydrogens (tertiary/aromatic N) is 1. The van der Waals surface area contributed by atoms with Gasteiger partial charge in [0, 0.05) is 59.2 Å². The van der Waals surface area contributed by atoms with E-state index in [0.29, 0.717) is 17.1 Å². The molecule has 2 aromatic carbocycles. The van der Waals surface area contributed by atoms with Gasteiger partial charge in [0.15, 0.2) is 0 Å². The molecule has 2 aromatic rings. The number of nitrogens with one attached hydrogen (secondary N) is 2. The molecule has 0 aliphatic carbocycles. The normalized spacial score (nSPS) is 14.8. The lowest BCUT2D eigenvalue weighted by molar-refractivity contribution is 0.0950. The minimum absolute atomic E-state index is 0.0816. The number of benzene rings is 2. The Morgan fingerprint density at radius 1 is 1.21 bits per heavy atom. The highest BCUT2D eigenvalue weighted by atomic mass is 79.9. The molecule has 28 heavy (non-hydrogen) atoms. The molecule has 0 aromatic heterocycles. The second-order valence-electron chi connectivity index (χ2n) is 6.70. The number of thioether (sulfide) groups is 1. The predicted molar refractivity (Wildman–Crippen MR) is 121 cm³/mol. The number of rotatable bonds is 7. The molecule has 1 fully saturated rings. The summed E-state index contributed by atoms with van der Waals surface area (Å²) < 4.78 is 0.976. The zero-order valence-electron chi connectivity index (χ0n) is 15.9. The number of piperazine rings is 1. The fourth-order valence-electron chi connectivity index (χ4n) is 3.19. The van der Waals surface area contributed by atoms with Gasteiger partial charge in [0.2, 0.25) is 0 Å². The summed E-state index contributed by atoms with van der Waals surface area (Å²) >= 11 is 11.5. The van der Waals surface area contributed by atoms with E-state index in [-0.39, 0.29) is 5.91 Å². The number of carbonyl (C=O) groups excluding carboxylic acids is 1. The van der Waals surface area contributed by atoms with Crippen LogP contribution in [-0.2, 0) is 13.1 Å². The summed E-state index contributed by atoms with van der Waals surface area (Å²) in [4.78, 5) is 16.2. The molecule has 7 heteroatoms. The highest BCUT2D eigenvalue weighted by Gasteiger charge is 2.14. The molecule has 0 spiro atoms. The molecule has 4 nitrogen and oxygen atoms in total. The van der Waals surface area contributed by atoms with Crippen molar-refractivity contribution < 1.29 is 4.79 Å². The van der Waals surface area contributed by atoms with Crippen LogP contribution < -0.4 is 10.6 Å². The van der Waals surface area contributed by atoms with Crippen LogP contribution in [0.5, 0.6) is 0 Å². The average molecular weight is 483 g/mol.